The van der Waals surface area contributed by atoms with Crippen molar-refractivity contribution >= 4 is 12.1 Å². The summed E-state index contributed by atoms with van der Waals surface area (Å²) in [4.78, 5) is 0. The smallest absolute Gasteiger partial charge is 0.502 e. The Morgan fingerprint density at radius 3 is 2.29 bits per heavy atom. The molecular weight excluding hydrogens is 217 g/mol. The second-order valence-corrected chi connectivity index (χ2v) is 5.24. The van der Waals surface area contributed by atoms with Gasteiger partial charge in [-0.1, -0.05) is 29.7 Å². The summed E-state index contributed by atoms with van der Waals surface area (Å²) < 4.78 is 12.8. The number of fused-ring (bicyclic) bond motifs is 1. The average molecular weight is 235 g/mol. The number of aliphatic hydroxyl groups excluding tert-OH is 1. The van der Waals surface area contributed by atoms with Crippen LogP contribution in [0.25, 0.3) is 0 Å². The van der Waals surface area contributed by atoms with Crippen molar-refractivity contribution in [3.8, 4) is 0 Å². The first-order valence-corrected chi connectivity index (χ1v) is 6.17. The molecule has 0 amide bonds. The van der Waals surface area contributed by atoms with Crippen LogP contribution in [-0.4, -0.2) is 49.5 Å². The molecule has 0 atom stereocenters. The number of hydrogen-bond acceptors (Lipinski definition) is 3. The minimum atomic E-state index is -1.36. The summed E-state index contributed by atoms with van der Waals surface area (Å²) in [5.74, 6) is 0. The van der Waals surface area contributed by atoms with Gasteiger partial charge in [-0.15, -0.1) is 0 Å². The predicted octanol–water partition coefficient (Wildman–Crippen LogP) is -0.168. The zero-order chi connectivity index (χ0) is 11.9. The fourth-order valence-electron chi connectivity index (χ4n) is 3.12. The van der Waals surface area contributed by atoms with Gasteiger partial charge in [0, 0.05) is 7.05 Å². The van der Waals surface area contributed by atoms with Crippen molar-refractivity contribution in [2.45, 2.75) is 6.61 Å². The van der Waals surface area contributed by atoms with Crippen LogP contribution in [-0.2, 0) is 15.9 Å². The molecule has 92 valence electrons. The summed E-state index contributed by atoms with van der Waals surface area (Å²) in [7, 11) is 2.21. The van der Waals surface area contributed by atoms with Crippen molar-refractivity contribution in [3.05, 3.63) is 29.8 Å². The van der Waals surface area contributed by atoms with Gasteiger partial charge in [0.1, 0.15) is 0 Å². The van der Waals surface area contributed by atoms with Crippen molar-refractivity contribution in [3.63, 3.8) is 0 Å². The van der Waals surface area contributed by atoms with Crippen LogP contribution in [0.1, 0.15) is 5.56 Å². The van der Waals surface area contributed by atoms with Crippen molar-refractivity contribution in [2.24, 2.45) is 0 Å². The molecule has 0 bridgehead atoms. The van der Waals surface area contributed by atoms with Crippen LogP contribution >= 0.6 is 0 Å². The molecule has 2 saturated heterocycles. The molecular formula is C12H18BNO3. The highest BCUT2D eigenvalue weighted by Crippen LogP contribution is 2.31. The molecule has 1 N–H and O–H groups in total. The molecule has 4 nitrogen and oxygen atoms in total. The summed E-state index contributed by atoms with van der Waals surface area (Å²) in [6, 6.07) is 7.94. The van der Waals surface area contributed by atoms with E-state index in [1.165, 1.54) is 0 Å². The third-order valence-electron chi connectivity index (χ3n) is 4.30. The van der Waals surface area contributed by atoms with Crippen LogP contribution in [0.5, 0.6) is 0 Å². The summed E-state index contributed by atoms with van der Waals surface area (Å²) in [5, 5.41) is 9.07. The first-order valence-electron chi connectivity index (χ1n) is 6.17. The van der Waals surface area contributed by atoms with E-state index in [4.69, 9.17) is 14.4 Å². The van der Waals surface area contributed by atoms with E-state index in [0.29, 0.717) is 0 Å². The highest BCUT2D eigenvalue weighted by atomic mass is 16.6. The molecule has 0 spiro atoms. The first-order chi connectivity index (χ1) is 8.20. The maximum atomic E-state index is 9.07. The van der Waals surface area contributed by atoms with E-state index in [1.54, 1.807) is 0 Å². The van der Waals surface area contributed by atoms with Gasteiger partial charge in [-0.05, 0) is 5.56 Å². The van der Waals surface area contributed by atoms with Crippen LogP contribution in [0, 0.1) is 0 Å². The molecule has 1 aromatic carbocycles. The van der Waals surface area contributed by atoms with E-state index in [2.05, 4.69) is 7.05 Å². The molecule has 2 fully saturated rings. The number of aliphatic hydroxyl groups is 1. The van der Waals surface area contributed by atoms with Gasteiger partial charge in [0.2, 0.25) is 0 Å². The van der Waals surface area contributed by atoms with Crippen LogP contribution in [0.4, 0.5) is 0 Å². The second kappa shape index (κ2) is 3.81. The molecule has 2 heterocycles. The van der Waals surface area contributed by atoms with E-state index in [9.17, 15) is 0 Å². The monoisotopic (exact) mass is 235 g/mol. The highest BCUT2D eigenvalue weighted by molar-refractivity contribution is 6.75. The lowest BCUT2D eigenvalue weighted by Crippen LogP contribution is -2.67. The molecule has 0 aliphatic carbocycles. The molecule has 3 rings (SSSR count). The largest absolute Gasteiger partial charge is 0.505 e. The second-order valence-electron chi connectivity index (χ2n) is 5.24. The van der Waals surface area contributed by atoms with Crippen LogP contribution in [0.15, 0.2) is 24.3 Å². The summed E-state index contributed by atoms with van der Waals surface area (Å²) in [5.41, 5.74) is 2.03. The number of benzene rings is 1. The van der Waals surface area contributed by atoms with Gasteiger partial charge in [0.25, 0.3) is 0 Å². The Kier molecular flexibility index (Phi) is 2.52. The Morgan fingerprint density at radius 2 is 1.76 bits per heavy atom. The van der Waals surface area contributed by atoms with Gasteiger partial charge in [-0.2, -0.15) is 0 Å². The summed E-state index contributed by atoms with van der Waals surface area (Å²) in [6.45, 7) is 2.27. The van der Waals surface area contributed by atoms with E-state index >= 15 is 0 Å². The quantitative estimate of drug-likeness (QED) is 0.723. The number of nitrogens with zero attached hydrogens (tertiary/aromatic N) is 1. The van der Waals surface area contributed by atoms with Crippen LogP contribution in [0.3, 0.4) is 0 Å². The van der Waals surface area contributed by atoms with Gasteiger partial charge in [-0.3, -0.25) is 0 Å². The van der Waals surface area contributed by atoms with Crippen LogP contribution in [0.2, 0.25) is 0 Å². The Bertz CT molecular complexity index is 410. The average Bonchev–Trinajstić information content (AvgIpc) is 2.83. The number of quaternary nitrogens is 1. The number of rotatable bonds is 2. The maximum absolute atomic E-state index is 9.07. The topological polar surface area (TPSA) is 38.7 Å². The molecule has 2 aliphatic heterocycles. The Morgan fingerprint density at radius 1 is 1.18 bits per heavy atom. The van der Waals surface area contributed by atoms with Gasteiger partial charge >= 0.3 is 6.69 Å². The Balaban J connectivity index is 2.01. The van der Waals surface area contributed by atoms with Gasteiger partial charge in [-0.25, -0.2) is 0 Å². The minimum absolute atomic E-state index is 0.0775. The van der Waals surface area contributed by atoms with Crippen LogP contribution < -0.4 is 5.46 Å². The molecule has 2 aliphatic rings. The third kappa shape index (κ3) is 1.47. The standard InChI is InChI=1S/C12H18BNO3/c1-14-6-8-16-13(14,17-9-7-14)12-4-2-11(10-15)3-5-12/h2-5,15H,6-10H2,1H3. The summed E-state index contributed by atoms with van der Waals surface area (Å²) >= 11 is 0. The fraction of sp³-hybridized carbons (Fsp3) is 0.500. The highest BCUT2D eigenvalue weighted by Gasteiger charge is 2.57. The van der Waals surface area contributed by atoms with Gasteiger partial charge in [0.05, 0.1) is 32.9 Å². The van der Waals surface area contributed by atoms with Gasteiger partial charge < -0.3 is 18.8 Å². The van der Waals surface area contributed by atoms with E-state index < -0.39 is 6.69 Å². The zero-order valence-corrected chi connectivity index (χ0v) is 10.1. The lowest BCUT2D eigenvalue weighted by molar-refractivity contribution is -0.798. The molecule has 0 unspecified atom stereocenters. The minimum Gasteiger partial charge on any atom is -0.505 e. The first kappa shape index (κ1) is 11.2. The normalized spacial score (nSPS) is 36.1. The lowest BCUT2D eigenvalue weighted by Gasteiger charge is -2.43. The maximum Gasteiger partial charge on any atom is 0.502 e. The third-order valence-corrected chi connectivity index (χ3v) is 4.30. The molecule has 0 saturated carbocycles. The predicted molar refractivity (Wildman–Crippen MR) is 65.6 cm³/mol. The van der Waals surface area contributed by atoms with Crippen molar-refractivity contribution in [1.82, 2.24) is 0 Å². The SMILES string of the molecule is C[N+]12CCO[B-]1(c1ccc(CO)cc1)OCC2. The Labute approximate surface area is 101 Å². The van der Waals surface area contributed by atoms with E-state index in [0.717, 1.165) is 41.7 Å². The van der Waals surface area contributed by atoms with Gasteiger partial charge in [0.15, 0.2) is 0 Å². The number of hydrogen-bond donors (Lipinski definition) is 1. The molecule has 0 aromatic heterocycles. The molecule has 5 heteroatoms. The zero-order valence-electron chi connectivity index (χ0n) is 10.1. The van der Waals surface area contributed by atoms with E-state index in [1.807, 2.05) is 24.3 Å². The molecule has 1 aromatic rings. The number of likely N-dealkylation sites (N-methyl/N-ethyl adjacent to an activating group) is 1. The van der Waals surface area contributed by atoms with Crippen molar-refractivity contribution in [2.75, 3.05) is 33.4 Å². The summed E-state index contributed by atoms with van der Waals surface area (Å²) in [6.07, 6.45) is 0. The van der Waals surface area contributed by atoms with Crippen molar-refractivity contribution in [1.29, 1.82) is 0 Å². The Hall–Kier alpha value is -0.875. The van der Waals surface area contributed by atoms with E-state index in [-0.39, 0.29) is 6.61 Å². The fourth-order valence-corrected chi connectivity index (χ4v) is 3.12. The van der Waals surface area contributed by atoms with Crippen molar-refractivity contribution < 1.29 is 18.8 Å². The lowest BCUT2D eigenvalue weighted by atomic mass is 9.61. The molecule has 0 radical (unpaired) electrons. The molecule has 17 heavy (non-hydrogen) atoms.